The van der Waals surface area contributed by atoms with Crippen molar-refractivity contribution in [3.63, 3.8) is 0 Å². The number of rotatable bonds is 2. The van der Waals surface area contributed by atoms with Crippen molar-refractivity contribution in [2.75, 3.05) is 11.1 Å². The van der Waals surface area contributed by atoms with Gasteiger partial charge in [-0.05, 0) is 30.3 Å². The maximum Gasteiger partial charge on any atom is 0.255 e. The van der Waals surface area contributed by atoms with Crippen LogP contribution in [0.4, 0.5) is 20.2 Å². The lowest BCUT2D eigenvalue weighted by Crippen LogP contribution is -2.12. The summed E-state index contributed by atoms with van der Waals surface area (Å²) < 4.78 is 25.8. The molecule has 104 valence electrons. The van der Waals surface area contributed by atoms with Crippen molar-refractivity contribution in [3.8, 4) is 0 Å². The Balaban J connectivity index is 2.25. The van der Waals surface area contributed by atoms with Crippen LogP contribution >= 0.6 is 23.2 Å². The molecule has 0 aliphatic rings. The van der Waals surface area contributed by atoms with Gasteiger partial charge in [0.1, 0.15) is 0 Å². The third-order valence-electron chi connectivity index (χ3n) is 2.52. The third-order valence-corrected chi connectivity index (χ3v) is 3.14. The summed E-state index contributed by atoms with van der Waals surface area (Å²) in [5.41, 5.74) is 6.02. The first-order chi connectivity index (χ1) is 9.38. The fourth-order valence-electron chi connectivity index (χ4n) is 1.50. The van der Waals surface area contributed by atoms with E-state index in [1.165, 1.54) is 12.1 Å². The lowest BCUT2D eigenvalue weighted by molar-refractivity contribution is 0.102. The van der Waals surface area contributed by atoms with Crippen LogP contribution in [0, 0.1) is 11.6 Å². The summed E-state index contributed by atoms with van der Waals surface area (Å²) in [4.78, 5) is 11.9. The minimum absolute atomic E-state index is 0.0343. The number of amides is 1. The van der Waals surface area contributed by atoms with Crippen LogP contribution in [0.5, 0.6) is 0 Å². The Kier molecular flexibility index (Phi) is 4.11. The number of carbonyl (C=O) groups excluding carboxylic acids is 1. The summed E-state index contributed by atoms with van der Waals surface area (Å²) in [6.07, 6.45) is 0. The minimum atomic E-state index is -1.11. The predicted molar refractivity (Wildman–Crippen MR) is 75.2 cm³/mol. The summed E-state index contributed by atoms with van der Waals surface area (Å²) >= 11 is 11.6. The molecule has 0 atom stereocenters. The second-order valence-corrected chi connectivity index (χ2v) is 4.75. The van der Waals surface area contributed by atoms with Crippen molar-refractivity contribution >= 4 is 40.5 Å². The van der Waals surface area contributed by atoms with Gasteiger partial charge in [0.05, 0.1) is 15.7 Å². The highest BCUT2D eigenvalue weighted by molar-refractivity contribution is 6.39. The molecular formula is C13H8Cl2F2N2O. The smallest absolute Gasteiger partial charge is 0.255 e. The molecule has 0 saturated carbocycles. The minimum Gasteiger partial charge on any atom is -0.396 e. The molecule has 2 rings (SSSR count). The summed E-state index contributed by atoms with van der Waals surface area (Å²) in [7, 11) is 0. The lowest BCUT2D eigenvalue weighted by atomic mass is 10.2. The van der Waals surface area contributed by atoms with E-state index in [2.05, 4.69) is 5.32 Å². The molecule has 0 spiro atoms. The number of hydrogen-bond donors (Lipinski definition) is 2. The van der Waals surface area contributed by atoms with E-state index in [0.717, 1.165) is 18.2 Å². The molecule has 2 aromatic carbocycles. The Morgan fingerprint density at radius 2 is 1.65 bits per heavy atom. The van der Waals surface area contributed by atoms with Crippen molar-refractivity contribution in [2.45, 2.75) is 0 Å². The van der Waals surface area contributed by atoms with Gasteiger partial charge in [-0.3, -0.25) is 4.79 Å². The molecule has 0 aliphatic carbocycles. The molecule has 3 nitrogen and oxygen atoms in total. The van der Waals surface area contributed by atoms with Gasteiger partial charge in [0.15, 0.2) is 11.6 Å². The van der Waals surface area contributed by atoms with Gasteiger partial charge in [0, 0.05) is 11.3 Å². The van der Waals surface area contributed by atoms with Crippen molar-refractivity contribution < 1.29 is 13.6 Å². The highest BCUT2D eigenvalue weighted by atomic mass is 35.5. The Morgan fingerprint density at radius 3 is 2.20 bits per heavy atom. The number of nitrogen functional groups attached to an aromatic ring is 1. The molecule has 20 heavy (non-hydrogen) atoms. The molecule has 7 heteroatoms. The largest absolute Gasteiger partial charge is 0.396 e. The van der Waals surface area contributed by atoms with E-state index in [1.54, 1.807) is 0 Å². The van der Waals surface area contributed by atoms with E-state index in [9.17, 15) is 13.6 Å². The quantitative estimate of drug-likeness (QED) is 0.819. The van der Waals surface area contributed by atoms with Crippen LogP contribution in [0.2, 0.25) is 10.0 Å². The molecule has 3 N–H and O–H groups in total. The monoisotopic (exact) mass is 316 g/mol. The Hall–Kier alpha value is -1.85. The number of carbonyl (C=O) groups is 1. The van der Waals surface area contributed by atoms with Crippen LogP contribution in [-0.4, -0.2) is 5.91 Å². The van der Waals surface area contributed by atoms with Gasteiger partial charge in [0.25, 0.3) is 5.91 Å². The zero-order chi connectivity index (χ0) is 14.9. The molecule has 0 aliphatic heterocycles. The summed E-state index contributed by atoms with van der Waals surface area (Å²) in [6, 6.07) is 5.63. The maximum atomic E-state index is 13.0. The molecule has 0 saturated heterocycles. The van der Waals surface area contributed by atoms with Gasteiger partial charge in [-0.15, -0.1) is 0 Å². The van der Waals surface area contributed by atoms with Gasteiger partial charge in [-0.2, -0.15) is 0 Å². The maximum absolute atomic E-state index is 13.0. The van der Waals surface area contributed by atoms with Crippen LogP contribution in [0.25, 0.3) is 0 Å². The van der Waals surface area contributed by atoms with E-state index in [4.69, 9.17) is 28.9 Å². The fourth-order valence-corrected chi connectivity index (χ4v) is 1.98. The Morgan fingerprint density at radius 1 is 1.05 bits per heavy atom. The van der Waals surface area contributed by atoms with E-state index in [1.807, 2.05) is 0 Å². The molecule has 1 amide bonds. The van der Waals surface area contributed by atoms with Gasteiger partial charge < -0.3 is 11.1 Å². The van der Waals surface area contributed by atoms with E-state index in [-0.39, 0.29) is 21.3 Å². The topological polar surface area (TPSA) is 55.1 Å². The van der Waals surface area contributed by atoms with Gasteiger partial charge in [0.2, 0.25) is 0 Å². The van der Waals surface area contributed by atoms with E-state index in [0.29, 0.717) is 5.69 Å². The number of nitrogens with one attached hydrogen (secondary N) is 1. The first-order valence-electron chi connectivity index (χ1n) is 5.39. The molecule has 0 fully saturated rings. The summed E-state index contributed by atoms with van der Waals surface area (Å²) in [5, 5.41) is 2.82. The predicted octanol–water partition coefficient (Wildman–Crippen LogP) is 4.11. The van der Waals surface area contributed by atoms with Crippen molar-refractivity contribution in [2.24, 2.45) is 0 Å². The number of nitrogens with two attached hydrogens (primary N) is 1. The van der Waals surface area contributed by atoms with Crippen LogP contribution in [0.3, 0.4) is 0 Å². The normalized spacial score (nSPS) is 10.4. The molecule has 0 heterocycles. The standard InChI is InChI=1S/C13H8Cl2F2N2O/c14-8-4-7(5-9(15)12(8)18)19-13(20)6-1-2-10(16)11(17)3-6/h1-5H,18H2,(H,19,20). The number of hydrogen-bond acceptors (Lipinski definition) is 2. The molecule has 0 bridgehead atoms. The van der Waals surface area contributed by atoms with Crippen LogP contribution in [-0.2, 0) is 0 Å². The average Bonchev–Trinajstić information content (AvgIpc) is 2.39. The van der Waals surface area contributed by atoms with Crippen molar-refractivity contribution in [1.82, 2.24) is 0 Å². The SMILES string of the molecule is Nc1c(Cl)cc(NC(=O)c2ccc(F)c(F)c2)cc1Cl. The van der Waals surface area contributed by atoms with Gasteiger partial charge >= 0.3 is 0 Å². The van der Waals surface area contributed by atoms with Gasteiger partial charge in [-0.25, -0.2) is 8.78 Å². The summed E-state index contributed by atoms with van der Waals surface area (Å²) in [6.45, 7) is 0. The Bertz CT molecular complexity index is 669. The van der Waals surface area contributed by atoms with Crippen LogP contribution in [0.1, 0.15) is 10.4 Å². The lowest BCUT2D eigenvalue weighted by Gasteiger charge is -2.08. The Labute approximate surface area is 123 Å². The molecule has 0 aromatic heterocycles. The first kappa shape index (κ1) is 14.6. The number of halogens is 4. The average molecular weight is 317 g/mol. The third kappa shape index (κ3) is 3.00. The number of anilines is 2. The molecule has 0 radical (unpaired) electrons. The second-order valence-electron chi connectivity index (χ2n) is 3.94. The van der Waals surface area contributed by atoms with Crippen molar-refractivity contribution in [1.29, 1.82) is 0 Å². The van der Waals surface area contributed by atoms with Crippen LogP contribution in [0.15, 0.2) is 30.3 Å². The summed E-state index contributed by atoms with van der Waals surface area (Å²) in [5.74, 6) is -2.76. The molecule has 0 unspecified atom stereocenters. The fraction of sp³-hybridized carbons (Fsp3) is 0. The second kappa shape index (κ2) is 5.64. The highest BCUT2D eigenvalue weighted by Crippen LogP contribution is 2.31. The highest BCUT2D eigenvalue weighted by Gasteiger charge is 2.12. The zero-order valence-electron chi connectivity index (χ0n) is 9.88. The molecule has 2 aromatic rings. The van der Waals surface area contributed by atoms with E-state index >= 15 is 0 Å². The van der Waals surface area contributed by atoms with E-state index < -0.39 is 17.5 Å². The first-order valence-corrected chi connectivity index (χ1v) is 6.15. The van der Waals surface area contributed by atoms with Gasteiger partial charge in [-0.1, -0.05) is 23.2 Å². The number of benzene rings is 2. The van der Waals surface area contributed by atoms with Crippen LogP contribution < -0.4 is 11.1 Å². The zero-order valence-corrected chi connectivity index (χ0v) is 11.4. The van der Waals surface area contributed by atoms with Crippen molar-refractivity contribution in [3.05, 3.63) is 57.6 Å². The molecular weight excluding hydrogens is 309 g/mol.